The van der Waals surface area contributed by atoms with Gasteiger partial charge in [-0.05, 0) is 0 Å². The first-order chi connectivity index (χ1) is 2.93. The second kappa shape index (κ2) is 1.62. The van der Waals surface area contributed by atoms with Crippen LogP contribution in [0.1, 0.15) is 0 Å². The van der Waals surface area contributed by atoms with Crippen molar-refractivity contribution in [3.63, 3.8) is 0 Å². The first kappa shape index (κ1) is 4.15. The van der Waals surface area contributed by atoms with Gasteiger partial charge >= 0.3 is 7.62 Å². The predicted molar refractivity (Wildman–Crippen MR) is 25.7 cm³/mol. The van der Waals surface area contributed by atoms with E-state index in [0.717, 1.165) is 7.62 Å². The second-order valence-electron chi connectivity index (χ2n) is 1.54. The van der Waals surface area contributed by atoms with Crippen molar-refractivity contribution in [1.29, 1.82) is 0 Å². The van der Waals surface area contributed by atoms with Gasteiger partial charge in [0.1, 0.15) is 0 Å². The highest BCUT2D eigenvalue weighted by atomic mass is 16.4. The van der Waals surface area contributed by atoms with Crippen LogP contribution in [-0.4, -0.2) is 32.6 Å². The summed E-state index contributed by atoms with van der Waals surface area (Å²) in [4.78, 5) is 2.21. The molecule has 0 atom stereocenters. The van der Waals surface area contributed by atoms with Crippen molar-refractivity contribution < 1.29 is 4.65 Å². The van der Waals surface area contributed by atoms with Gasteiger partial charge in [0.2, 0.25) is 0 Å². The molecule has 3 heteroatoms. The van der Waals surface area contributed by atoms with Gasteiger partial charge in [-0.15, -0.1) is 0 Å². The Morgan fingerprint density at radius 1 is 1.67 bits per heavy atom. The third-order valence-electron chi connectivity index (χ3n) is 0.852. The van der Waals surface area contributed by atoms with Gasteiger partial charge in [-0.1, -0.05) is 0 Å². The second-order valence-corrected chi connectivity index (χ2v) is 1.54. The minimum absolute atomic E-state index is 0.819. The molecule has 34 valence electrons. The number of rotatable bonds is 2. The predicted octanol–water partition coefficient (Wildman–Crippen LogP) is -0.785. The van der Waals surface area contributed by atoms with Crippen molar-refractivity contribution >= 4 is 7.62 Å². The minimum atomic E-state index is 0.819. The van der Waals surface area contributed by atoms with E-state index in [0.29, 0.717) is 0 Å². The van der Waals surface area contributed by atoms with Crippen molar-refractivity contribution in [2.24, 2.45) is 0 Å². The topological polar surface area (TPSA) is 12.2 Å². The number of hydrogen-bond donors (Lipinski definition) is 0. The van der Waals surface area contributed by atoms with Gasteiger partial charge in [0.05, 0.1) is 0 Å². The summed E-state index contributed by atoms with van der Waals surface area (Å²) < 4.78 is 4.79. The lowest BCUT2D eigenvalue weighted by Gasteiger charge is -1.88. The Morgan fingerprint density at radius 3 is 2.50 bits per heavy atom. The highest BCUT2D eigenvalue weighted by Gasteiger charge is 2.16. The van der Waals surface area contributed by atoms with Crippen LogP contribution < -0.4 is 0 Å². The molecule has 1 rings (SSSR count). The fraction of sp³-hybridized carbons (Fsp3) is 1.00. The molecule has 1 aliphatic heterocycles. The molecule has 6 heavy (non-hydrogen) atoms. The zero-order chi connectivity index (χ0) is 4.41. The van der Waals surface area contributed by atoms with Crippen LogP contribution in [0.2, 0.25) is 0 Å². The third-order valence-corrected chi connectivity index (χ3v) is 0.852. The highest BCUT2D eigenvalue weighted by molar-refractivity contribution is 6.24. The maximum atomic E-state index is 4.79. The molecule has 0 radical (unpaired) electrons. The molecular formula is C3H8BNO. The number of nitrogens with zero attached hydrogens (tertiary/aromatic N) is 1. The summed E-state index contributed by atoms with van der Waals surface area (Å²) in [7, 11) is 2.54. The summed E-state index contributed by atoms with van der Waals surface area (Å²) in [6, 6.07) is 0. The number of hydrogen-bond acceptors (Lipinski definition) is 2. The third kappa shape index (κ3) is 0.991. The van der Waals surface area contributed by atoms with Gasteiger partial charge < -0.3 is 9.47 Å². The van der Waals surface area contributed by atoms with E-state index in [1.807, 2.05) is 0 Å². The van der Waals surface area contributed by atoms with Crippen LogP contribution in [0.15, 0.2) is 0 Å². The fourth-order valence-electron chi connectivity index (χ4n) is 0.382. The molecule has 2 nitrogen and oxygen atoms in total. The smallest absolute Gasteiger partial charge is 0.363 e. The van der Waals surface area contributed by atoms with E-state index in [9.17, 15) is 0 Å². The molecule has 0 unspecified atom stereocenters. The van der Waals surface area contributed by atoms with Gasteiger partial charge in [-0.25, -0.2) is 0 Å². The zero-order valence-electron chi connectivity index (χ0n) is 3.98. The molecular weight excluding hydrogens is 76.9 g/mol. The van der Waals surface area contributed by atoms with Crippen LogP contribution in [-0.2, 0) is 4.65 Å². The van der Waals surface area contributed by atoms with Gasteiger partial charge in [0.25, 0.3) is 0 Å². The molecule has 1 heterocycles. The van der Waals surface area contributed by atoms with Crippen LogP contribution in [0.5, 0.6) is 0 Å². The van der Waals surface area contributed by atoms with Crippen LogP contribution in [0, 0.1) is 0 Å². The summed E-state index contributed by atoms with van der Waals surface area (Å²) in [6.07, 6.45) is 0. The van der Waals surface area contributed by atoms with E-state index in [1.165, 1.54) is 13.1 Å². The fourth-order valence-corrected chi connectivity index (χ4v) is 0.382. The standard InChI is InChI=1S/C3H8BNO/c1-6-4-5-2-3-5/h4H,2-3H2,1H3. The van der Waals surface area contributed by atoms with Gasteiger partial charge in [-0.3, -0.25) is 0 Å². The van der Waals surface area contributed by atoms with Crippen molar-refractivity contribution in [2.45, 2.75) is 0 Å². The van der Waals surface area contributed by atoms with E-state index in [1.54, 1.807) is 7.11 Å². The van der Waals surface area contributed by atoms with E-state index in [2.05, 4.69) is 4.81 Å². The zero-order valence-corrected chi connectivity index (χ0v) is 3.98. The summed E-state index contributed by atoms with van der Waals surface area (Å²) in [5, 5.41) is 0. The van der Waals surface area contributed by atoms with E-state index < -0.39 is 0 Å². The molecule has 0 aromatic heterocycles. The summed E-state index contributed by atoms with van der Waals surface area (Å²) in [5.74, 6) is 0. The molecule has 0 aromatic rings. The maximum absolute atomic E-state index is 4.79. The molecule has 0 amide bonds. The highest BCUT2D eigenvalue weighted by Crippen LogP contribution is 1.97. The van der Waals surface area contributed by atoms with Crippen molar-refractivity contribution in [3.8, 4) is 0 Å². The van der Waals surface area contributed by atoms with E-state index in [4.69, 9.17) is 4.65 Å². The van der Waals surface area contributed by atoms with Crippen molar-refractivity contribution in [2.75, 3.05) is 20.2 Å². The lowest BCUT2D eigenvalue weighted by Crippen LogP contribution is -2.05. The van der Waals surface area contributed by atoms with Crippen molar-refractivity contribution in [1.82, 2.24) is 4.81 Å². The molecule has 0 N–H and O–H groups in total. The molecule has 1 fully saturated rings. The van der Waals surface area contributed by atoms with Gasteiger partial charge in [0.15, 0.2) is 0 Å². The molecule has 0 saturated carbocycles. The summed E-state index contributed by atoms with van der Waals surface area (Å²) >= 11 is 0. The normalized spacial score (nSPS) is 20.8. The monoisotopic (exact) mass is 85.1 g/mol. The maximum Gasteiger partial charge on any atom is 0.363 e. The summed E-state index contributed by atoms with van der Waals surface area (Å²) in [5.41, 5.74) is 0. The molecule has 1 aliphatic rings. The lowest BCUT2D eigenvalue weighted by atomic mass is 10.3. The Bertz CT molecular complexity index is 46.1. The Morgan fingerprint density at radius 2 is 2.33 bits per heavy atom. The molecule has 0 spiro atoms. The molecule has 0 bridgehead atoms. The average molecular weight is 84.9 g/mol. The van der Waals surface area contributed by atoms with Crippen LogP contribution in [0.25, 0.3) is 0 Å². The SMILES string of the molecule is COBN1CC1. The molecule has 0 aliphatic carbocycles. The minimum Gasteiger partial charge on any atom is -0.427 e. The first-order valence-corrected chi connectivity index (χ1v) is 2.15. The Balaban J connectivity index is 1.88. The first-order valence-electron chi connectivity index (χ1n) is 2.15. The Hall–Kier alpha value is -0.0151. The van der Waals surface area contributed by atoms with Crippen LogP contribution >= 0.6 is 0 Å². The molecule has 0 aromatic carbocycles. The average Bonchev–Trinajstić information content (AvgIpc) is 2.21. The Labute approximate surface area is 38.4 Å². The van der Waals surface area contributed by atoms with Crippen molar-refractivity contribution in [3.05, 3.63) is 0 Å². The van der Waals surface area contributed by atoms with E-state index in [-0.39, 0.29) is 0 Å². The lowest BCUT2D eigenvalue weighted by molar-refractivity contribution is 0.415. The van der Waals surface area contributed by atoms with Crippen LogP contribution in [0.3, 0.4) is 0 Å². The molecule has 1 saturated heterocycles. The van der Waals surface area contributed by atoms with E-state index >= 15 is 0 Å². The van der Waals surface area contributed by atoms with Gasteiger partial charge in [0, 0.05) is 20.2 Å². The largest absolute Gasteiger partial charge is 0.427 e. The Kier molecular flexibility index (Phi) is 1.12. The summed E-state index contributed by atoms with van der Waals surface area (Å²) in [6.45, 7) is 2.46. The quantitative estimate of drug-likeness (QED) is 0.322. The van der Waals surface area contributed by atoms with Crippen LogP contribution in [0.4, 0.5) is 0 Å². The van der Waals surface area contributed by atoms with Gasteiger partial charge in [-0.2, -0.15) is 0 Å².